The summed E-state index contributed by atoms with van der Waals surface area (Å²) in [5.41, 5.74) is 9.19. The molecule has 0 heterocycles. The monoisotopic (exact) mass is 530 g/mol. The lowest BCUT2D eigenvalue weighted by molar-refractivity contribution is -0.140. The second-order valence-electron chi connectivity index (χ2n) is 10.3. The van der Waals surface area contributed by atoms with Gasteiger partial charge in [0.15, 0.2) is 0 Å². The van der Waals surface area contributed by atoms with Gasteiger partial charge in [-0.1, -0.05) is 49.6 Å². The highest BCUT2D eigenvalue weighted by molar-refractivity contribution is 6.38. The zero-order valence-corrected chi connectivity index (χ0v) is 23.0. The summed E-state index contributed by atoms with van der Waals surface area (Å²) in [5.74, 6) is -1.49. The molecule has 0 aromatic heterocycles. The molecule has 212 valence electrons. The number of nitrogens with zero attached hydrogens (tertiary/aromatic N) is 1. The van der Waals surface area contributed by atoms with E-state index in [0.29, 0.717) is 38.3 Å². The Labute approximate surface area is 226 Å². The average molecular weight is 531 g/mol. The van der Waals surface area contributed by atoms with E-state index in [4.69, 9.17) is 5.73 Å². The average Bonchev–Trinajstić information content (AvgIpc) is 2.91. The van der Waals surface area contributed by atoms with Gasteiger partial charge in [-0.2, -0.15) is 0 Å². The van der Waals surface area contributed by atoms with Gasteiger partial charge in [0.1, 0.15) is 0 Å². The summed E-state index contributed by atoms with van der Waals surface area (Å²) in [6, 6.07) is 7.71. The van der Waals surface area contributed by atoms with E-state index in [0.717, 1.165) is 18.4 Å². The van der Waals surface area contributed by atoms with Crippen molar-refractivity contribution in [2.75, 3.05) is 27.2 Å². The molecule has 1 aliphatic rings. The number of rotatable bonds is 17. The van der Waals surface area contributed by atoms with Crippen LogP contribution in [0.15, 0.2) is 30.3 Å². The first-order valence-electron chi connectivity index (χ1n) is 13.9. The summed E-state index contributed by atoms with van der Waals surface area (Å²) >= 11 is 0. The maximum absolute atomic E-state index is 13.4. The summed E-state index contributed by atoms with van der Waals surface area (Å²) in [6.45, 7) is 1.36. The van der Waals surface area contributed by atoms with Crippen molar-refractivity contribution in [2.24, 2.45) is 11.7 Å². The molecule has 0 aliphatic heterocycles. The number of unbranched alkanes of at least 4 members (excludes halogenated alkanes) is 1. The van der Waals surface area contributed by atoms with Gasteiger partial charge in [0.25, 0.3) is 5.91 Å². The van der Waals surface area contributed by atoms with Gasteiger partial charge in [-0.15, -0.1) is 0 Å². The Kier molecular flexibility index (Phi) is 14.6. The number of nitrogens with one attached hydrogen (secondary N) is 4. The highest BCUT2D eigenvalue weighted by Gasteiger charge is 2.30. The molecule has 0 saturated heterocycles. The van der Waals surface area contributed by atoms with E-state index in [2.05, 4.69) is 21.4 Å². The maximum Gasteiger partial charge on any atom is 0.289 e. The Morgan fingerprint density at radius 1 is 0.974 bits per heavy atom. The number of hydrogen-bond donors (Lipinski definition) is 5. The number of carbonyl (C=O) groups excluding carboxylic acids is 4. The summed E-state index contributed by atoms with van der Waals surface area (Å²) in [5, 5.41) is 10.4. The smallest absolute Gasteiger partial charge is 0.289 e. The molecule has 2 atom stereocenters. The highest BCUT2D eigenvalue weighted by Crippen LogP contribution is 2.23. The Morgan fingerprint density at radius 2 is 1.68 bits per heavy atom. The van der Waals surface area contributed by atoms with Crippen LogP contribution in [0.4, 0.5) is 0 Å². The van der Waals surface area contributed by atoms with Crippen LogP contribution in [-0.4, -0.2) is 67.8 Å². The molecule has 10 nitrogen and oxygen atoms in total. The minimum atomic E-state index is -0.959. The lowest BCUT2D eigenvalue weighted by atomic mass is 9.89. The molecule has 1 fully saturated rings. The van der Waals surface area contributed by atoms with E-state index in [1.54, 1.807) is 19.1 Å². The van der Waals surface area contributed by atoms with Crippen molar-refractivity contribution in [2.45, 2.75) is 82.8 Å². The fraction of sp³-hybridized carbons (Fsp3) is 0.643. The summed E-state index contributed by atoms with van der Waals surface area (Å²) in [6.07, 6.45) is 7.87. The molecule has 38 heavy (non-hydrogen) atoms. The summed E-state index contributed by atoms with van der Waals surface area (Å²) in [4.78, 5) is 51.4. The van der Waals surface area contributed by atoms with Crippen LogP contribution >= 0.6 is 0 Å². The molecule has 1 aromatic rings. The van der Waals surface area contributed by atoms with Crippen LogP contribution in [0.3, 0.4) is 0 Å². The van der Waals surface area contributed by atoms with Crippen LogP contribution < -0.4 is 27.1 Å². The van der Waals surface area contributed by atoms with E-state index in [1.807, 2.05) is 30.3 Å². The number of ketones is 1. The molecule has 2 rings (SSSR count). The standard InChI is InChI=1S/C28H46N6O4/c1-34(2)33-25(35)17-16-24(30-19-21-11-5-3-6-12-21)27(37)32-23(15-9-10-18-29)26(36)28(38)31-20-22-13-7-4-8-14-22/h4,7-8,13-14,21,23-24,30H,3,5-6,9-12,15-20,29H2,1-2H3,(H,31,38)(H,32,37)(H,33,35)/t23-,24-/m0/s1. The number of benzene rings is 1. The third-order valence-corrected chi connectivity index (χ3v) is 6.80. The fourth-order valence-electron chi connectivity index (χ4n) is 4.66. The van der Waals surface area contributed by atoms with Crippen molar-refractivity contribution >= 4 is 23.5 Å². The number of amides is 3. The normalized spacial score (nSPS) is 15.5. The molecule has 1 aliphatic carbocycles. The molecular weight excluding hydrogens is 484 g/mol. The summed E-state index contributed by atoms with van der Waals surface area (Å²) in [7, 11) is 3.45. The third-order valence-electron chi connectivity index (χ3n) is 6.80. The van der Waals surface area contributed by atoms with E-state index < -0.39 is 23.8 Å². The van der Waals surface area contributed by atoms with Crippen LogP contribution in [0.5, 0.6) is 0 Å². The first kappa shape index (κ1) is 31.4. The van der Waals surface area contributed by atoms with Crippen LogP contribution in [0, 0.1) is 5.92 Å². The molecular formula is C28H46N6O4. The largest absolute Gasteiger partial charge is 0.345 e. The minimum absolute atomic E-state index is 0.150. The number of hydrazine groups is 1. The first-order valence-corrected chi connectivity index (χ1v) is 13.9. The topological polar surface area (TPSA) is 146 Å². The Bertz CT molecular complexity index is 873. The molecule has 1 saturated carbocycles. The lowest BCUT2D eigenvalue weighted by Gasteiger charge is -2.26. The third kappa shape index (κ3) is 12.1. The fourth-order valence-corrected chi connectivity index (χ4v) is 4.66. The Balaban J connectivity index is 2.04. The predicted octanol–water partition coefficient (Wildman–Crippen LogP) is 1.40. The number of carbonyl (C=O) groups is 4. The molecule has 10 heteroatoms. The first-order chi connectivity index (χ1) is 18.3. The Hall–Kier alpha value is -2.82. The maximum atomic E-state index is 13.4. The van der Waals surface area contributed by atoms with Gasteiger partial charge in [-0.05, 0) is 63.1 Å². The lowest BCUT2D eigenvalue weighted by Crippen LogP contribution is -2.53. The molecule has 3 amide bonds. The van der Waals surface area contributed by atoms with Crippen LogP contribution in [0.25, 0.3) is 0 Å². The van der Waals surface area contributed by atoms with Crippen molar-refractivity contribution in [1.82, 2.24) is 26.4 Å². The number of hydrogen-bond acceptors (Lipinski definition) is 7. The van der Waals surface area contributed by atoms with Gasteiger partial charge >= 0.3 is 0 Å². The van der Waals surface area contributed by atoms with Gasteiger partial charge < -0.3 is 21.7 Å². The van der Waals surface area contributed by atoms with Crippen molar-refractivity contribution < 1.29 is 19.2 Å². The van der Waals surface area contributed by atoms with Crippen molar-refractivity contribution in [3.8, 4) is 0 Å². The highest BCUT2D eigenvalue weighted by atomic mass is 16.2. The number of nitrogens with two attached hydrogens (primary N) is 1. The van der Waals surface area contributed by atoms with Gasteiger partial charge in [0.05, 0.1) is 12.1 Å². The van der Waals surface area contributed by atoms with Gasteiger partial charge in [-0.25, -0.2) is 5.01 Å². The van der Waals surface area contributed by atoms with Crippen LogP contribution in [-0.2, 0) is 25.7 Å². The summed E-state index contributed by atoms with van der Waals surface area (Å²) < 4.78 is 0. The van der Waals surface area contributed by atoms with E-state index >= 15 is 0 Å². The second kappa shape index (κ2) is 17.6. The quantitative estimate of drug-likeness (QED) is 0.116. The van der Waals surface area contributed by atoms with Crippen molar-refractivity contribution in [1.29, 1.82) is 0 Å². The molecule has 1 aromatic carbocycles. The predicted molar refractivity (Wildman–Crippen MR) is 148 cm³/mol. The van der Waals surface area contributed by atoms with Crippen molar-refractivity contribution in [3.63, 3.8) is 0 Å². The zero-order valence-electron chi connectivity index (χ0n) is 23.0. The second-order valence-corrected chi connectivity index (χ2v) is 10.3. The SMILES string of the molecule is CN(C)NC(=O)CC[C@H](NCC1CCCCC1)C(=O)N[C@@H](CCCCN)C(=O)C(=O)NCc1ccccc1. The van der Waals surface area contributed by atoms with E-state index in [9.17, 15) is 19.2 Å². The van der Waals surface area contributed by atoms with Crippen molar-refractivity contribution in [3.05, 3.63) is 35.9 Å². The molecule has 0 bridgehead atoms. The Morgan fingerprint density at radius 3 is 2.34 bits per heavy atom. The zero-order chi connectivity index (χ0) is 27.8. The molecule has 0 radical (unpaired) electrons. The van der Waals surface area contributed by atoms with E-state index in [-0.39, 0.29) is 31.2 Å². The van der Waals surface area contributed by atoms with Crippen LogP contribution in [0.2, 0.25) is 0 Å². The van der Waals surface area contributed by atoms with Gasteiger partial charge in [0.2, 0.25) is 17.6 Å². The molecule has 0 unspecified atom stereocenters. The van der Waals surface area contributed by atoms with Gasteiger partial charge in [-0.3, -0.25) is 24.6 Å². The van der Waals surface area contributed by atoms with E-state index in [1.165, 1.54) is 19.3 Å². The number of Topliss-reactive ketones (excluding diaryl/α,β-unsaturated/α-hetero) is 1. The van der Waals surface area contributed by atoms with Crippen LogP contribution in [0.1, 0.15) is 69.8 Å². The minimum Gasteiger partial charge on any atom is -0.345 e. The van der Waals surface area contributed by atoms with Gasteiger partial charge in [0, 0.05) is 27.1 Å². The molecule has 6 N–H and O–H groups in total. The molecule has 0 spiro atoms.